The van der Waals surface area contributed by atoms with Crippen molar-refractivity contribution in [3.63, 3.8) is 0 Å². The van der Waals surface area contributed by atoms with Crippen LogP contribution in [0.3, 0.4) is 0 Å². The Kier molecular flexibility index (Phi) is 46.5. The maximum atomic E-state index is 12.8. The van der Waals surface area contributed by atoms with Crippen LogP contribution in [0.5, 0.6) is 0 Å². The number of carbonyl (C=O) groups excluding carboxylic acids is 3. The van der Waals surface area contributed by atoms with Crippen molar-refractivity contribution >= 4 is 17.9 Å². The Morgan fingerprint density at radius 2 is 0.705 bits per heavy atom. The Bertz CT molecular complexity index is 1200. The molecule has 0 radical (unpaired) electrons. The number of esters is 3. The zero-order chi connectivity index (χ0) is 44.4. The van der Waals surface area contributed by atoms with Gasteiger partial charge >= 0.3 is 17.9 Å². The van der Waals surface area contributed by atoms with Gasteiger partial charge in [0, 0.05) is 19.3 Å². The maximum Gasteiger partial charge on any atom is 0.306 e. The van der Waals surface area contributed by atoms with Gasteiger partial charge in [0.15, 0.2) is 6.10 Å². The Morgan fingerprint density at radius 3 is 1.16 bits per heavy atom. The molecule has 0 saturated heterocycles. The Labute approximate surface area is 375 Å². The largest absolute Gasteiger partial charge is 0.462 e. The van der Waals surface area contributed by atoms with Gasteiger partial charge in [0.05, 0.1) is 0 Å². The summed E-state index contributed by atoms with van der Waals surface area (Å²) >= 11 is 0. The first-order valence-electron chi connectivity index (χ1n) is 25.1. The molecular formula is C55H92O6. The lowest BCUT2D eigenvalue weighted by atomic mass is 10.1. The predicted octanol–water partition coefficient (Wildman–Crippen LogP) is 16.4. The van der Waals surface area contributed by atoms with Gasteiger partial charge in [-0.25, -0.2) is 0 Å². The van der Waals surface area contributed by atoms with E-state index in [1.165, 1.54) is 89.9 Å². The summed E-state index contributed by atoms with van der Waals surface area (Å²) in [6.07, 6.45) is 62.8. The highest BCUT2D eigenvalue weighted by molar-refractivity contribution is 5.71. The summed E-state index contributed by atoms with van der Waals surface area (Å²) < 4.78 is 16.7. The van der Waals surface area contributed by atoms with Crippen molar-refractivity contribution in [2.75, 3.05) is 13.2 Å². The van der Waals surface area contributed by atoms with Crippen molar-refractivity contribution in [2.24, 2.45) is 0 Å². The number of hydrogen-bond acceptors (Lipinski definition) is 6. The van der Waals surface area contributed by atoms with Crippen molar-refractivity contribution < 1.29 is 28.6 Å². The van der Waals surface area contributed by atoms with Gasteiger partial charge in [-0.3, -0.25) is 14.4 Å². The smallest absolute Gasteiger partial charge is 0.306 e. The first-order chi connectivity index (χ1) is 30.0. The average Bonchev–Trinajstić information content (AvgIpc) is 3.26. The molecule has 0 aromatic rings. The minimum absolute atomic E-state index is 0.102. The van der Waals surface area contributed by atoms with Gasteiger partial charge in [-0.15, -0.1) is 0 Å². The van der Waals surface area contributed by atoms with Crippen LogP contribution in [0, 0.1) is 0 Å². The van der Waals surface area contributed by atoms with E-state index in [0.29, 0.717) is 19.3 Å². The van der Waals surface area contributed by atoms with E-state index >= 15 is 0 Å². The topological polar surface area (TPSA) is 78.9 Å². The SMILES string of the molecule is CC/C=C\C/C=C\C/C=C\CCCC(=O)OCC(COC(=O)CCCCCCCCC/C=C\C/C=C\CCCCC)OC(=O)CCCCCCCC/C=C\C=C/CCCCC. The number of carbonyl (C=O) groups is 3. The van der Waals surface area contributed by atoms with Gasteiger partial charge in [0.1, 0.15) is 13.2 Å². The lowest BCUT2D eigenvalue weighted by molar-refractivity contribution is -0.167. The standard InChI is InChI=1S/C55H92O6/c1-4-7-10-13-16-19-22-24-26-27-29-30-33-36-39-42-45-48-54(57)60-51-52(50-59-53(56)47-44-41-38-35-32-21-18-15-12-9-6-3)61-55(58)49-46-43-40-37-34-31-28-25-23-20-17-14-11-8-5-2/h9,12,16-21,23-26,35,38,52H,4-8,10-11,13-15,22,27-34,36-37,39-51H2,1-3H3/b12-9-,19-16-,20-17-,21-18-,25-23-,26-24-,38-35-. The van der Waals surface area contributed by atoms with E-state index in [1.807, 2.05) is 0 Å². The van der Waals surface area contributed by atoms with Crippen LogP contribution >= 0.6 is 0 Å². The van der Waals surface area contributed by atoms with Gasteiger partial charge < -0.3 is 14.2 Å². The molecule has 6 heteroatoms. The molecule has 0 aliphatic rings. The Balaban J connectivity index is 4.45. The molecule has 0 spiro atoms. The van der Waals surface area contributed by atoms with Crippen LogP contribution in [0.15, 0.2) is 85.1 Å². The monoisotopic (exact) mass is 849 g/mol. The van der Waals surface area contributed by atoms with E-state index in [-0.39, 0.29) is 37.5 Å². The molecule has 0 aliphatic carbocycles. The van der Waals surface area contributed by atoms with Gasteiger partial charge in [0.2, 0.25) is 0 Å². The lowest BCUT2D eigenvalue weighted by Gasteiger charge is -2.18. The first kappa shape index (κ1) is 57.6. The second-order valence-corrected chi connectivity index (χ2v) is 16.4. The fourth-order valence-electron chi connectivity index (χ4n) is 6.60. The number of allylic oxidation sites excluding steroid dienone is 14. The molecule has 0 N–H and O–H groups in total. The van der Waals surface area contributed by atoms with E-state index in [0.717, 1.165) is 89.9 Å². The summed E-state index contributed by atoms with van der Waals surface area (Å²) in [4.78, 5) is 37.9. The van der Waals surface area contributed by atoms with Crippen LogP contribution in [-0.4, -0.2) is 37.2 Å². The van der Waals surface area contributed by atoms with Crippen LogP contribution < -0.4 is 0 Å². The summed E-state index contributed by atoms with van der Waals surface area (Å²) in [7, 11) is 0. The molecule has 0 aromatic heterocycles. The maximum absolute atomic E-state index is 12.8. The van der Waals surface area contributed by atoms with Crippen LogP contribution in [0.4, 0.5) is 0 Å². The van der Waals surface area contributed by atoms with Crippen LogP contribution in [-0.2, 0) is 28.6 Å². The van der Waals surface area contributed by atoms with Gasteiger partial charge in [-0.2, -0.15) is 0 Å². The zero-order valence-electron chi connectivity index (χ0n) is 39.7. The van der Waals surface area contributed by atoms with Crippen molar-refractivity contribution in [3.8, 4) is 0 Å². The summed E-state index contributed by atoms with van der Waals surface area (Å²) in [5.41, 5.74) is 0. The van der Waals surface area contributed by atoms with Crippen molar-refractivity contribution in [1.29, 1.82) is 0 Å². The Hall–Kier alpha value is -3.41. The van der Waals surface area contributed by atoms with E-state index in [9.17, 15) is 14.4 Å². The lowest BCUT2D eigenvalue weighted by Crippen LogP contribution is -2.30. The van der Waals surface area contributed by atoms with E-state index in [2.05, 4.69) is 106 Å². The molecule has 1 atom stereocenters. The third kappa shape index (κ3) is 47.5. The number of hydrogen-bond donors (Lipinski definition) is 0. The van der Waals surface area contributed by atoms with E-state index in [4.69, 9.17) is 14.2 Å². The van der Waals surface area contributed by atoms with Crippen LogP contribution in [0.25, 0.3) is 0 Å². The molecule has 0 saturated carbocycles. The minimum Gasteiger partial charge on any atom is -0.462 e. The second-order valence-electron chi connectivity index (χ2n) is 16.4. The fraction of sp³-hybridized carbons (Fsp3) is 0.691. The van der Waals surface area contributed by atoms with Crippen molar-refractivity contribution in [1.82, 2.24) is 0 Å². The van der Waals surface area contributed by atoms with Gasteiger partial charge in [-0.05, 0) is 103 Å². The molecule has 61 heavy (non-hydrogen) atoms. The minimum atomic E-state index is -0.805. The number of rotatable bonds is 44. The second kappa shape index (κ2) is 49.2. The molecule has 0 amide bonds. The van der Waals surface area contributed by atoms with Gasteiger partial charge in [-0.1, -0.05) is 189 Å². The van der Waals surface area contributed by atoms with Crippen LogP contribution in [0.1, 0.15) is 226 Å². The highest BCUT2D eigenvalue weighted by atomic mass is 16.6. The summed E-state index contributed by atoms with van der Waals surface area (Å²) in [5, 5.41) is 0. The Morgan fingerprint density at radius 1 is 0.361 bits per heavy atom. The molecule has 0 aliphatic heterocycles. The molecule has 0 heterocycles. The summed E-state index contributed by atoms with van der Waals surface area (Å²) in [6.45, 7) is 6.39. The van der Waals surface area contributed by atoms with Crippen molar-refractivity contribution in [2.45, 2.75) is 232 Å². The molecule has 6 nitrogen and oxygen atoms in total. The van der Waals surface area contributed by atoms with E-state index < -0.39 is 6.10 Å². The molecule has 0 bridgehead atoms. The molecule has 0 aromatic carbocycles. The van der Waals surface area contributed by atoms with Crippen LogP contribution in [0.2, 0.25) is 0 Å². The zero-order valence-corrected chi connectivity index (χ0v) is 39.7. The molecule has 0 fully saturated rings. The molecule has 0 rings (SSSR count). The van der Waals surface area contributed by atoms with E-state index in [1.54, 1.807) is 0 Å². The normalized spacial score (nSPS) is 12.8. The quantitative estimate of drug-likeness (QED) is 0.0200. The average molecular weight is 849 g/mol. The molecule has 348 valence electrons. The molecule has 1 unspecified atom stereocenters. The third-order valence-corrected chi connectivity index (χ3v) is 10.4. The summed E-state index contributed by atoms with van der Waals surface area (Å²) in [6, 6.07) is 0. The van der Waals surface area contributed by atoms with Crippen molar-refractivity contribution in [3.05, 3.63) is 85.1 Å². The van der Waals surface area contributed by atoms with Gasteiger partial charge in [0.25, 0.3) is 0 Å². The fourth-order valence-corrected chi connectivity index (χ4v) is 6.60. The highest BCUT2D eigenvalue weighted by Gasteiger charge is 2.19. The number of unbranched alkanes of at least 4 members (excludes halogenated alkanes) is 20. The first-order valence-corrected chi connectivity index (χ1v) is 25.1. The number of ether oxygens (including phenoxy) is 3. The highest BCUT2D eigenvalue weighted by Crippen LogP contribution is 2.13. The predicted molar refractivity (Wildman–Crippen MR) is 261 cm³/mol. The molecular weight excluding hydrogens is 757 g/mol. The third-order valence-electron chi connectivity index (χ3n) is 10.4. The summed E-state index contributed by atoms with van der Waals surface area (Å²) in [5.74, 6) is -0.981.